The number of nitrogens with one attached hydrogen (secondary N) is 2. The normalized spacial score (nSPS) is 10.4. The SMILES string of the molecule is O=C(Nc1ccc(Cl)c(Cl)c1)c1ccccc1C(=O)Nc1ccc(Cl)c(Cl)c1. The number of amides is 2. The van der Waals surface area contributed by atoms with E-state index in [1.54, 1.807) is 48.5 Å². The molecule has 0 aliphatic heterocycles. The molecule has 28 heavy (non-hydrogen) atoms. The first-order valence-corrected chi connectivity index (χ1v) is 9.48. The van der Waals surface area contributed by atoms with Crippen LogP contribution in [0.15, 0.2) is 60.7 Å². The minimum atomic E-state index is -0.460. The molecule has 3 rings (SSSR count). The van der Waals surface area contributed by atoms with Gasteiger partial charge < -0.3 is 10.6 Å². The molecule has 2 N–H and O–H groups in total. The van der Waals surface area contributed by atoms with Crippen LogP contribution in [0.4, 0.5) is 11.4 Å². The number of benzene rings is 3. The van der Waals surface area contributed by atoms with Gasteiger partial charge in [0.05, 0.1) is 31.2 Å². The first kappa shape index (κ1) is 20.5. The second kappa shape index (κ2) is 8.84. The maximum absolute atomic E-state index is 12.7. The van der Waals surface area contributed by atoms with Gasteiger partial charge in [0.15, 0.2) is 0 Å². The fourth-order valence-corrected chi connectivity index (χ4v) is 3.02. The van der Waals surface area contributed by atoms with E-state index in [9.17, 15) is 9.59 Å². The van der Waals surface area contributed by atoms with Crippen LogP contribution in [0.5, 0.6) is 0 Å². The Balaban J connectivity index is 1.83. The quantitative estimate of drug-likeness (QED) is 0.456. The van der Waals surface area contributed by atoms with Crippen molar-refractivity contribution in [2.24, 2.45) is 0 Å². The third-order valence-electron chi connectivity index (χ3n) is 3.77. The summed E-state index contributed by atoms with van der Waals surface area (Å²) in [5.41, 5.74) is 1.32. The molecule has 0 spiro atoms. The predicted molar refractivity (Wildman–Crippen MR) is 115 cm³/mol. The highest BCUT2D eigenvalue weighted by atomic mass is 35.5. The van der Waals surface area contributed by atoms with Gasteiger partial charge in [-0.25, -0.2) is 0 Å². The third-order valence-corrected chi connectivity index (χ3v) is 5.25. The zero-order valence-corrected chi connectivity index (χ0v) is 17.1. The van der Waals surface area contributed by atoms with Crippen molar-refractivity contribution in [3.63, 3.8) is 0 Å². The molecule has 0 atom stereocenters. The summed E-state index contributed by atoms with van der Waals surface area (Å²) >= 11 is 23.7. The minimum Gasteiger partial charge on any atom is -0.322 e. The van der Waals surface area contributed by atoms with Crippen molar-refractivity contribution in [3.8, 4) is 0 Å². The maximum atomic E-state index is 12.7. The molecule has 8 heteroatoms. The lowest BCUT2D eigenvalue weighted by atomic mass is 10.1. The molecular weight excluding hydrogens is 442 g/mol. The van der Waals surface area contributed by atoms with Crippen molar-refractivity contribution in [2.45, 2.75) is 0 Å². The lowest BCUT2D eigenvalue weighted by molar-refractivity contribution is 0.0990. The molecule has 4 nitrogen and oxygen atoms in total. The molecule has 0 saturated heterocycles. The number of carbonyl (C=O) groups excluding carboxylic acids is 2. The Hall–Kier alpha value is -2.24. The fraction of sp³-hybridized carbons (Fsp3) is 0. The predicted octanol–water partition coefficient (Wildman–Crippen LogP) is 6.80. The van der Waals surface area contributed by atoms with E-state index in [1.165, 1.54) is 12.1 Å². The summed E-state index contributed by atoms with van der Waals surface area (Å²) in [6.45, 7) is 0. The van der Waals surface area contributed by atoms with Crippen LogP contribution in [-0.4, -0.2) is 11.8 Å². The number of halogens is 4. The Morgan fingerprint density at radius 2 is 0.964 bits per heavy atom. The van der Waals surface area contributed by atoms with Gasteiger partial charge in [-0.1, -0.05) is 58.5 Å². The van der Waals surface area contributed by atoms with Crippen LogP contribution in [0, 0.1) is 0 Å². The van der Waals surface area contributed by atoms with Crippen LogP contribution in [0.1, 0.15) is 20.7 Å². The van der Waals surface area contributed by atoms with E-state index in [0.29, 0.717) is 31.5 Å². The smallest absolute Gasteiger partial charge is 0.256 e. The van der Waals surface area contributed by atoms with Crippen molar-refractivity contribution in [1.82, 2.24) is 0 Å². The van der Waals surface area contributed by atoms with Crippen molar-refractivity contribution < 1.29 is 9.59 Å². The molecule has 0 unspecified atom stereocenters. The molecule has 0 radical (unpaired) electrons. The first-order chi connectivity index (χ1) is 13.3. The van der Waals surface area contributed by atoms with Crippen molar-refractivity contribution in [1.29, 1.82) is 0 Å². The van der Waals surface area contributed by atoms with Gasteiger partial charge in [-0.2, -0.15) is 0 Å². The highest BCUT2D eigenvalue weighted by molar-refractivity contribution is 6.42. The van der Waals surface area contributed by atoms with Gasteiger partial charge in [0.1, 0.15) is 0 Å². The highest BCUT2D eigenvalue weighted by Gasteiger charge is 2.17. The van der Waals surface area contributed by atoms with E-state index >= 15 is 0 Å². The van der Waals surface area contributed by atoms with Gasteiger partial charge >= 0.3 is 0 Å². The van der Waals surface area contributed by atoms with E-state index in [4.69, 9.17) is 46.4 Å². The third kappa shape index (κ3) is 4.78. The molecule has 3 aromatic carbocycles. The standard InChI is InChI=1S/C20H12Cl4N2O2/c21-15-7-5-11(9-17(15)23)25-19(27)13-3-1-2-4-14(13)20(28)26-12-6-8-16(22)18(24)10-12/h1-10H,(H,25,27)(H,26,28). The van der Waals surface area contributed by atoms with Crippen LogP contribution in [0.25, 0.3) is 0 Å². The summed E-state index contributed by atoms with van der Waals surface area (Å²) in [7, 11) is 0. The van der Waals surface area contributed by atoms with Crippen LogP contribution in [0.3, 0.4) is 0 Å². The average molecular weight is 454 g/mol. The molecule has 0 aromatic heterocycles. The fourth-order valence-electron chi connectivity index (χ4n) is 2.42. The van der Waals surface area contributed by atoms with E-state index in [-0.39, 0.29) is 11.1 Å². The van der Waals surface area contributed by atoms with Crippen molar-refractivity contribution in [3.05, 3.63) is 91.9 Å². The van der Waals surface area contributed by atoms with Gasteiger partial charge in [0, 0.05) is 11.4 Å². The summed E-state index contributed by atoms with van der Waals surface area (Å²) in [5, 5.41) is 6.78. The molecule has 0 aliphatic carbocycles. The first-order valence-electron chi connectivity index (χ1n) is 7.97. The van der Waals surface area contributed by atoms with E-state index < -0.39 is 11.8 Å². The van der Waals surface area contributed by atoms with E-state index in [0.717, 1.165) is 0 Å². The minimum absolute atomic E-state index is 0.200. The van der Waals surface area contributed by atoms with Crippen LogP contribution >= 0.6 is 46.4 Å². The summed E-state index contributed by atoms with van der Waals surface area (Å²) in [6, 6.07) is 15.9. The topological polar surface area (TPSA) is 58.2 Å². The van der Waals surface area contributed by atoms with Crippen LogP contribution < -0.4 is 10.6 Å². The molecule has 0 bridgehead atoms. The van der Waals surface area contributed by atoms with Gasteiger partial charge in [-0.3, -0.25) is 9.59 Å². The van der Waals surface area contributed by atoms with Gasteiger partial charge in [-0.05, 0) is 48.5 Å². The monoisotopic (exact) mass is 452 g/mol. The number of hydrogen-bond donors (Lipinski definition) is 2. The summed E-state index contributed by atoms with van der Waals surface area (Å²) in [5.74, 6) is -0.920. The zero-order valence-electron chi connectivity index (χ0n) is 14.1. The zero-order chi connectivity index (χ0) is 20.3. The van der Waals surface area contributed by atoms with Crippen LogP contribution in [0.2, 0.25) is 20.1 Å². The van der Waals surface area contributed by atoms with E-state index in [1.807, 2.05) is 0 Å². The number of carbonyl (C=O) groups is 2. The molecule has 142 valence electrons. The van der Waals surface area contributed by atoms with Crippen LogP contribution in [-0.2, 0) is 0 Å². The Labute approximate surface area is 181 Å². The summed E-state index contributed by atoms with van der Waals surface area (Å²) in [6.07, 6.45) is 0. The Morgan fingerprint density at radius 1 is 0.571 bits per heavy atom. The maximum Gasteiger partial charge on any atom is 0.256 e. The Kier molecular flexibility index (Phi) is 6.47. The lowest BCUT2D eigenvalue weighted by Crippen LogP contribution is -2.20. The number of hydrogen-bond acceptors (Lipinski definition) is 2. The lowest BCUT2D eigenvalue weighted by Gasteiger charge is -2.11. The molecule has 3 aromatic rings. The average Bonchev–Trinajstić information content (AvgIpc) is 2.67. The van der Waals surface area contributed by atoms with Gasteiger partial charge in [0.25, 0.3) is 11.8 Å². The summed E-state index contributed by atoms with van der Waals surface area (Å²) in [4.78, 5) is 25.4. The second-order valence-corrected chi connectivity index (χ2v) is 7.34. The van der Waals surface area contributed by atoms with E-state index in [2.05, 4.69) is 10.6 Å². The van der Waals surface area contributed by atoms with Gasteiger partial charge in [0.2, 0.25) is 0 Å². The highest BCUT2D eigenvalue weighted by Crippen LogP contribution is 2.27. The number of rotatable bonds is 4. The Bertz CT molecular complexity index is 985. The second-order valence-electron chi connectivity index (χ2n) is 5.71. The molecule has 0 fully saturated rings. The van der Waals surface area contributed by atoms with Crippen molar-refractivity contribution in [2.75, 3.05) is 10.6 Å². The van der Waals surface area contributed by atoms with Gasteiger partial charge in [-0.15, -0.1) is 0 Å². The summed E-state index contributed by atoms with van der Waals surface area (Å²) < 4.78 is 0. The Morgan fingerprint density at radius 3 is 1.32 bits per heavy atom. The molecule has 0 aliphatic rings. The number of anilines is 2. The molecule has 2 amide bonds. The largest absolute Gasteiger partial charge is 0.322 e. The molecular formula is C20H12Cl4N2O2. The molecule has 0 saturated carbocycles. The molecule has 0 heterocycles. The van der Waals surface area contributed by atoms with Crippen molar-refractivity contribution >= 4 is 69.6 Å².